The van der Waals surface area contributed by atoms with E-state index in [2.05, 4.69) is 78.2 Å². The lowest BCUT2D eigenvalue weighted by Crippen LogP contribution is -2.41. The molecular formula is C33H45BClNO3. The summed E-state index contributed by atoms with van der Waals surface area (Å²) in [6.07, 6.45) is 12.3. The minimum Gasteiger partial charge on any atom is -0.399 e. The van der Waals surface area contributed by atoms with Gasteiger partial charge in [0.05, 0.1) is 11.2 Å². The number of allylic oxidation sites excluding steroid dienone is 8. The zero-order valence-electron chi connectivity index (χ0n) is 24.8. The molecule has 39 heavy (non-hydrogen) atoms. The van der Waals surface area contributed by atoms with E-state index in [1.165, 1.54) is 5.57 Å². The summed E-state index contributed by atoms with van der Waals surface area (Å²) in [6.45, 7) is 22.8. The molecule has 0 spiro atoms. The highest BCUT2D eigenvalue weighted by atomic mass is 35.5. The van der Waals surface area contributed by atoms with Crippen LogP contribution in [0.4, 0.5) is 5.69 Å². The van der Waals surface area contributed by atoms with Crippen LogP contribution in [0.1, 0.15) is 74.1 Å². The molecule has 0 bridgehead atoms. The van der Waals surface area contributed by atoms with E-state index in [9.17, 15) is 4.79 Å². The fourth-order valence-electron chi connectivity index (χ4n) is 5.38. The van der Waals surface area contributed by atoms with Crippen LogP contribution in [0.25, 0.3) is 0 Å². The fraction of sp³-hybridized carbons (Fsp3) is 0.485. The first-order chi connectivity index (χ1) is 18.3. The number of hydrogen-bond donors (Lipinski definition) is 1. The molecule has 1 amide bonds. The maximum absolute atomic E-state index is 13.0. The van der Waals surface area contributed by atoms with Gasteiger partial charge in [-0.1, -0.05) is 61.6 Å². The van der Waals surface area contributed by atoms with Crippen molar-refractivity contribution in [3.05, 3.63) is 88.9 Å². The van der Waals surface area contributed by atoms with Crippen molar-refractivity contribution < 1.29 is 14.1 Å². The minimum atomic E-state index is -0.482. The number of nitrogens with one attached hydrogen (secondary N) is 1. The van der Waals surface area contributed by atoms with Crippen LogP contribution in [0.3, 0.4) is 0 Å². The third-order valence-electron chi connectivity index (χ3n) is 8.63. The molecule has 210 valence electrons. The number of carbonyl (C=O) groups is 1. The molecule has 1 heterocycles. The molecule has 1 aromatic rings. The highest BCUT2D eigenvalue weighted by Gasteiger charge is 2.52. The lowest BCUT2D eigenvalue weighted by Gasteiger charge is -2.33. The monoisotopic (exact) mass is 549 g/mol. The lowest BCUT2D eigenvalue weighted by molar-refractivity contribution is -0.121. The maximum Gasteiger partial charge on any atom is 0.494 e. The van der Waals surface area contributed by atoms with Gasteiger partial charge in [-0.25, -0.2) is 0 Å². The first kappa shape index (κ1) is 31.2. The Morgan fingerprint density at radius 2 is 1.67 bits per heavy atom. The number of benzene rings is 1. The highest BCUT2D eigenvalue weighted by Crippen LogP contribution is 2.41. The standard InChI is InChI=1S/C33H45BClNO3/c1-10-12-29(30(22(3)4)21-26(11-2)34-38-32(6,7)33(8,9)39-34)25-15-13-24(14-16-25)23(5)31(37)36-28-19-17-27(35)18-20-28/h10-12,17-21,23-25H,2-3,13-16H2,1,4-9H3,(H,36,37)/b12-10-,26-21+,30-29+. The second-order valence-electron chi connectivity index (χ2n) is 12.0. The van der Waals surface area contributed by atoms with Crippen molar-refractivity contribution in [1.29, 1.82) is 0 Å². The highest BCUT2D eigenvalue weighted by molar-refractivity contribution is 6.55. The molecule has 1 aliphatic heterocycles. The summed E-state index contributed by atoms with van der Waals surface area (Å²) in [4.78, 5) is 13.0. The number of anilines is 1. The number of carbonyl (C=O) groups excluding carboxylic acids is 1. The largest absolute Gasteiger partial charge is 0.494 e. The summed E-state index contributed by atoms with van der Waals surface area (Å²) in [5, 5.41) is 3.71. The normalized spacial score (nSPS) is 24.3. The van der Waals surface area contributed by atoms with E-state index in [1.807, 2.05) is 25.1 Å². The molecule has 1 atom stereocenters. The Morgan fingerprint density at radius 1 is 1.10 bits per heavy atom. The van der Waals surface area contributed by atoms with Crippen LogP contribution in [0.5, 0.6) is 0 Å². The van der Waals surface area contributed by atoms with Crippen molar-refractivity contribution >= 4 is 30.3 Å². The van der Waals surface area contributed by atoms with Crippen molar-refractivity contribution in [3.63, 3.8) is 0 Å². The predicted octanol–water partition coefficient (Wildman–Crippen LogP) is 8.91. The summed E-state index contributed by atoms with van der Waals surface area (Å²) in [7, 11) is -0.482. The predicted molar refractivity (Wildman–Crippen MR) is 166 cm³/mol. The van der Waals surface area contributed by atoms with Crippen LogP contribution in [0.2, 0.25) is 5.02 Å². The first-order valence-corrected chi connectivity index (χ1v) is 14.5. The zero-order chi connectivity index (χ0) is 29.0. The summed E-state index contributed by atoms with van der Waals surface area (Å²) >= 11 is 5.98. The topological polar surface area (TPSA) is 47.6 Å². The average molecular weight is 550 g/mol. The Morgan fingerprint density at radius 3 is 2.15 bits per heavy atom. The molecule has 1 unspecified atom stereocenters. The van der Waals surface area contributed by atoms with Crippen LogP contribution >= 0.6 is 11.6 Å². The van der Waals surface area contributed by atoms with Gasteiger partial charge >= 0.3 is 7.12 Å². The van der Waals surface area contributed by atoms with Gasteiger partial charge in [0.1, 0.15) is 0 Å². The van der Waals surface area contributed by atoms with Crippen LogP contribution < -0.4 is 5.32 Å². The lowest BCUT2D eigenvalue weighted by atomic mass is 9.71. The molecule has 4 nitrogen and oxygen atoms in total. The molecule has 3 rings (SSSR count). The molecular weight excluding hydrogens is 505 g/mol. The molecule has 1 N–H and O–H groups in total. The fourth-order valence-corrected chi connectivity index (χ4v) is 5.51. The SMILES string of the molecule is C=C\C(=C/C(C(=C)C)=C(/C=C\C)C1CCC(C(C)C(=O)Nc2ccc(Cl)cc2)CC1)B1OC(C)(C)C(C)(C)O1. The van der Waals surface area contributed by atoms with Gasteiger partial charge < -0.3 is 14.6 Å². The van der Waals surface area contributed by atoms with E-state index < -0.39 is 18.3 Å². The van der Waals surface area contributed by atoms with E-state index in [0.717, 1.165) is 48.0 Å². The van der Waals surface area contributed by atoms with Gasteiger partial charge in [-0.3, -0.25) is 4.79 Å². The number of halogens is 1. The Labute approximate surface area is 241 Å². The van der Waals surface area contributed by atoms with Crippen LogP contribution in [-0.4, -0.2) is 24.2 Å². The number of rotatable bonds is 9. The second kappa shape index (κ2) is 12.9. The van der Waals surface area contributed by atoms with E-state index in [4.69, 9.17) is 20.9 Å². The molecule has 0 radical (unpaired) electrons. The van der Waals surface area contributed by atoms with Crippen molar-refractivity contribution in [2.24, 2.45) is 17.8 Å². The molecule has 2 fully saturated rings. The van der Waals surface area contributed by atoms with Gasteiger partial charge in [-0.15, -0.1) is 0 Å². The van der Waals surface area contributed by atoms with E-state index in [1.54, 1.807) is 12.1 Å². The van der Waals surface area contributed by atoms with Gasteiger partial charge in [0.25, 0.3) is 0 Å². The number of amides is 1. The van der Waals surface area contributed by atoms with Gasteiger partial charge in [0.15, 0.2) is 0 Å². The van der Waals surface area contributed by atoms with Gasteiger partial charge in [0, 0.05) is 16.6 Å². The first-order valence-electron chi connectivity index (χ1n) is 14.1. The van der Waals surface area contributed by atoms with Crippen LogP contribution in [0, 0.1) is 17.8 Å². The quantitative estimate of drug-likeness (QED) is 0.247. The Hall–Kier alpha value is -2.34. The van der Waals surface area contributed by atoms with Crippen molar-refractivity contribution in [1.82, 2.24) is 0 Å². The van der Waals surface area contributed by atoms with E-state index >= 15 is 0 Å². The third-order valence-corrected chi connectivity index (χ3v) is 8.89. The molecule has 6 heteroatoms. The molecule has 1 saturated carbocycles. The number of hydrogen-bond acceptors (Lipinski definition) is 3. The summed E-state index contributed by atoms with van der Waals surface area (Å²) < 4.78 is 12.6. The Kier molecular flexibility index (Phi) is 10.3. The smallest absolute Gasteiger partial charge is 0.399 e. The molecule has 1 saturated heterocycles. The Bertz CT molecular complexity index is 1140. The van der Waals surface area contributed by atoms with Gasteiger partial charge in [-0.05, 0) is 120 Å². The molecule has 2 aliphatic rings. The van der Waals surface area contributed by atoms with Crippen molar-refractivity contribution in [3.8, 4) is 0 Å². The van der Waals surface area contributed by atoms with Crippen molar-refractivity contribution in [2.75, 3.05) is 5.32 Å². The molecule has 1 aromatic carbocycles. The van der Waals surface area contributed by atoms with Crippen LogP contribution in [-0.2, 0) is 14.1 Å². The van der Waals surface area contributed by atoms with E-state index in [0.29, 0.717) is 16.9 Å². The maximum atomic E-state index is 13.0. The van der Waals surface area contributed by atoms with Gasteiger partial charge in [-0.2, -0.15) is 0 Å². The zero-order valence-corrected chi connectivity index (χ0v) is 25.5. The summed E-state index contributed by atoms with van der Waals surface area (Å²) in [6, 6.07) is 7.26. The van der Waals surface area contributed by atoms with Gasteiger partial charge in [0.2, 0.25) is 5.91 Å². The molecule has 0 aromatic heterocycles. The average Bonchev–Trinajstić information content (AvgIpc) is 3.10. The summed E-state index contributed by atoms with van der Waals surface area (Å²) in [5.41, 5.74) is 4.21. The van der Waals surface area contributed by atoms with Crippen LogP contribution in [0.15, 0.2) is 83.9 Å². The Balaban J connectivity index is 1.78. The third kappa shape index (κ3) is 7.45. The second-order valence-corrected chi connectivity index (χ2v) is 12.4. The summed E-state index contributed by atoms with van der Waals surface area (Å²) in [5.74, 6) is 0.731. The van der Waals surface area contributed by atoms with Crippen molar-refractivity contribution in [2.45, 2.75) is 85.4 Å². The minimum absolute atomic E-state index is 0.0629. The van der Waals surface area contributed by atoms with E-state index in [-0.39, 0.29) is 11.8 Å². The molecule has 1 aliphatic carbocycles.